The minimum Gasteiger partial charge on any atom is -0.387 e. The van der Waals surface area contributed by atoms with Crippen molar-refractivity contribution in [3.05, 3.63) is 41.7 Å². The zero-order valence-corrected chi connectivity index (χ0v) is 25.2. The molecule has 9 heteroatoms. The fourth-order valence-corrected chi connectivity index (χ4v) is 5.76. The molecule has 4 atom stereocenters. The summed E-state index contributed by atoms with van der Waals surface area (Å²) in [6.07, 6.45) is 10.1. The zero-order chi connectivity index (χ0) is 29.3. The number of hydrogen-bond donors (Lipinski definition) is 2. The number of nitrogens with one attached hydrogen (secondary N) is 1. The van der Waals surface area contributed by atoms with Crippen LogP contribution >= 0.6 is 0 Å². The standard InChI is InChI=1S/C32H48N2O7/c1-5-6-7-8-9-10-11-12-13-17-20-37-22-32-29(39-31(3,4)41-32)28(35)25(38-32)21-33-30(36)26-23(2)40-34-27(26)24-18-15-14-16-19-24/h14-16,18-19,25,28-29,35H,5-13,17,20-22H2,1-4H3,(H,33,36)/t25-,28+,29-,32-/m0/s1. The van der Waals surface area contributed by atoms with E-state index in [4.69, 9.17) is 23.5 Å². The van der Waals surface area contributed by atoms with Crippen molar-refractivity contribution >= 4 is 5.91 Å². The Bertz CT molecular complexity index is 1090. The summed E-state index contributed by atoms with van der Waals surface area (Å²) in [5, 5.41) is 18.1. The minimum absolute atomic E-state index is 0.0582. The van der Waals surface area contributed by atoms with Crippen molar-refractivity contribution in [1.29, 1.82) is 0 Å². The summed E-state index contributed by atoms with van der Waals surface area (Å²) in [6, 6.07) is 9.39. The second-order valence-corrected chi connectivity index (χ2v) is 11.8. The van der Waals surface area contributed by atoms with Gasteiger partial charge in [-0.1, -0.05) is 100 Å². The second-order valence-electron chi connectivity index (χ2n) is 11.8. The highest BCUT2D eigenvalue weighted by Crippen LogP contribution is 2.45. The molecule has 3 heterocycles. The largest absolute Gasteiger partial charge is 0.387 e. The monoisotopic (exact) mass is 572 g/mol. The van der Waals surface area contributed by atoms with Gasteiger partial charge in [0, 0.05) is 18.7 Å². The van der Waals surface area contributed by atoms with Crippen molar-refractivity contribution in [3.63, 3.8) is 0 Å². The summed E-state index contributed by atoms with van der Waals surface area (Å²) >= 11 is 0. The number of rotatable bonds is 17. The lowest BCUT2D eigenvalue weighted by atomic mass is 10.0. The number of fused-ring (bicyclic) bond motifs is 1. The van der Waals surface area contributed by atoms with Crippen LogP contribution in [0.3, 0.4) is 0 Å². The van der Waals surface area contributed by atoms with Crippen LogP contribution in [-0.4, -0.2) is 65.8 Å². The molecule has 9 nitrogen and oxygen atoms in total. The third kappa shape index (κ3) is 8.17. The van der Waals surface area contributed by atoms with E-state index in [9.17, 15) is 9.90 Å². The van der Waals surface area contributed by atoms with Crippen LogP contribution in [0.2, 0.25) is 0 Å². The number of aliphatic hydroxyl groups is 1. The smallest absolute Gasteiger partial charge is 0.257 e. The van der Waals surface area contributed by atoms with Crippen LogP contribution in [0.1, 0.15) is 101 Å². The van der Waals surface area contributed by atoms with Crippen molar-refractivity contribution in [3.8, 4) is 11.3 Å². The number of hydrogen-bond acceptors (Lipinski definition) is 8. The molecular formula is C32H48N2O7. The normalized spacial score (nSPS) is 25.0. The fraction of sp³-hybridized carbons (Fsp3) is 0.688. The number of aliphatic hydroxyl groups excluding tert-OH is 1. The van der Waals surface area contributed by atoms with E-state index in [2.05, 4.69) is 17.4 Å². The number of amides is 1. The first kappa shape index (κ1) is 31.6. The highest BCUT2D eigenvalue weighted by Gasteiger charge is 2.64. The van der Waals surface area contributed by atoms with Crippen LogP contribution in [-0.2, 0) is 18.9 Å². The van der Waals surface area contributed by atoms with Crippen LogP contribution in [0.15, 0.2) is 34.9 Å². The number of carbonyl (C=O) groups is 1. The first-order chi connectivity index (χ1) is 19.8. The van der Waals surface area contributed by atoms with Gasteiger partial charge in [-0.05, 0) is 27.2 Å². The van der Waals surface area contributed by atoms with E-state index in [-0.39, 0.29) is 19.1 Å². The molecule has 0 unspecified atom stereocenters. The van der Waals surface area contributed by atoms with Crippen molar-refractivity contribution in [2.24, 2.45) is 0 Å². The molecule has 2 aliphatic rings. The van der Waals surface area contributed by atoms with Crippen molar-refractivity contribution in [2.45, 2.75) is 122 Å². The van der Waals surface area contributed by atoms with Gasteiger partial charge in [-0.3, -0.25) is 4.79 Å². The lowest BCUT2D eigenvalue weighted by Gasteiger charge is -2.28. The molecule has 1 aromatic carbocycles. The molecule has 0 bridgehead atoms. The molecular weight excluding hydrogens is 524 g/mol. The molecule has 2 saturated heterocycles. The maximum Gasteiger partial charge on any atom is 0.257 e. The minimum atomic E-state index is -1.24. The van der Waals surface area contributed by atoms with Crippen molar-refractivity contribution in [2.75, 3.05) is 19.8 Å². The maximum absolute atomic E-state index is 13.2. The molecule has 1 aromatic heterocycles. The molecule has 0 saturated carbocycles. The Hall–Kier alpha value is -2.30. The van der Waals surface area contributed by atoms with Gasteiger partial charge in [0.05, 0.1) is 0 Å². The van der Waals surface area contributed by atoms with Gasteiger partial charge in [-0.2, -0.15) is 0 Å². The summed E-state index contributed by atoms with van der Waals surface area (Å²) in [5.41, 5.74) is 1.60. The molecule has 1 amide bonds. The SMILES string of the molecule is CCCCCCCCCCCCOC[C@@]12O[C@@H](CNC(=O)c3c(-c4ccccc4)noc3C)[C@@H](O)[C@@H]1OC(C)(C)O2. The highest BCUT2D eigenvalue weighted by molar-refractivity contribution is 6.00. The topological polar surface area (TPSA) is 112 Å². The Balaban J connectivity index is 1.25. The Labute approximate surface area is 244 Å². The quantitative estimate of drug-likeness (QED) is 0.225. The first-order valence-electron chi connectivity index (χ1n) is 15.4. The van der Waals surface area contributed by atoms with Gasteiger partial charge in [0.15, 0.2) is 5.79 Å². The number of unbranched alkanes of at least 4 members (excludes halogenated alkanes) is 9. The third-order valence-electron chi connectivity index (χ3n) is 7.85. The lowest BCUT2D eigenvalue weighted by molar-refractivity contribution is -0.277. The first-order valence-corrected chi connectivity index (χ1v) is 15.4. The number of aromatic nitrogens is 1. The van der Waals surface area contributed by atoms with E-state index in [1.54, 1.807) is 20.8 Å². The number of ether oxygens (including phenoxy) is 4. The van der Waals surface area contributed by atoms with Gasteiger partial charge in [0.2, 0.25) is 5.79 Å². The average Bonchev–Trinajstić information content (AvgIpc) is 3.55. The van der Waals surface area contributed by atoms with Gasteiger partial charge in [-0.25, -0.2) is 0 Å². The molecule has 228 valence electrons. The molecule has 0 radical (unpaired) electrons. The summed E-state index contributed by atoms with van der Waals surface area (Å²) in [7, 11) is 0. The second kappa shape index (κ2) is 14.7. The van der Waals surface area contributed by atoms with Gasteiger partial charge in [0.25, 0.3) is 5.91 Å². The molecule has 2 N–H and O–H groups in total. The van der Waals surface area contributed by atoms with Crippen LogP contribution in [0.5, 0.6) is 0 Å². The van der Waals surface area contributed by atoms with E-state index < -0.39 is 29.9 Å². The lowest BCUT2D eigenvalue weighted by Crippen LogP contribution is -2.45. The Morgan fingerprint density at radius 1 is 1.00 bits per heavy atom. The fourth-order valence-electron chi connectivity index (χ4n) is 5.76. The predicted molar refractivity (Wildman–Crippen MR) is 155 cm³/mol. The molecule has 2 aliphatic heterocycles. The molecule has 2 fully saturated rings. The molecule has 4 rings (SSSR count). The Morgan fingerprint density at radius 3 is 2.34 bits per heavy atom. The number of carbonyl (C=O) groups excluding carboxylic acids is 1. The summed E-state index contributed by atoms with van der Waals surface area (Å²) in [4.78, 5) is 13.2. The molecule has 2 aromatic rings. The van der Waals surface area contributed by atoms with E-state index in [1.807, 2.05) is 30.3 Å². The maximum atomic E-state index is 13.2. The third-order valence-corrected chi connectivity index (χ3v) is 7.85. The predicted octanol–water partition coefficient (Wildman–Crippen LogP) is 5.92. The van der Waals surface area contributed by atoms with E-state index >= 15 is 0 Å². The van der Waals surface area contributed by atoms with Crippen molar-refractivity contribution in [1.82, 2.24) is 10.5 Å². The Kier molecular flexibility index (Phi) is 11.4. The summed E-state index contributed by atoms with van der Waals surface area (Å²) in [5.74, 6) is -2.11. The molecule has 0 spiro atoms. The van der Waals surface area contributed by atoms with Crippen LogP contribution in [0.25, 0.3) is 11.3 Å². The molecule has 41 heavy (non-hydrogen) atoms. The summed E-state index contributed by atoms with van der Waals surface area (Å²) < 4.78 is 29.8. The van der Waals surface area contributed by atoms with Gasteiger partial charge in [0.1, 0.15) is 41.9 Å². The number of aryl methyl sites for hydroxylation is 1. The van der Waals surface area contributed by atoms with Gasteiger partial charge in [-0.15, -0.1) is 0 Å². The van der Waals surface area contributed by atoms with Crippen LogP contribution < -0.4 is 5.32 Å². The van der Waals surface area contributed by atoms with E-state index in [0.717, 1.165) is 18.4 Å². The highest BCUT2D eigenvalue weighted by atomic mass is 16.9. The molecule has 0 aliphatic carbocycles. The number of nitrogens with zero attached hydrogens (tertiary/aromatic N) is 1. The zero-order valence-electron chi connectivity index (χ0n) is 25.2. The van der Waals surface area contributed by atoms with E-state index in [0.29, 0.717) is 23.6 Å². The average molecular weight is 573 g/mol. The van der Waals surface area contributed by atoms with Crippen molar-refractivity contribution < 1.29 is 33.4 Å². The van der Waals surface area contributed by atoms with Gasteiger partial charge >= 0.3 is 0 Å². The van der Waals surface area contributed by atoms with E-state index in [1.165, 1.54) is 51.4 Å². The van der Waals surface area contributed by atoms with Crippen LogP contribution in [0, 0.1) is 6.92 Å². The number of benzene rings is 1. The van der Waals surface area contributed by atoms with Crippen LogP contribution in [0.4, 0.5) is 0 Å². The summed E-state index contributed by atoms with van der Waals surface area (Å²) in [6.45, 7) is 8.32. The Morgan fingerprint density at radius 2 is 1.66 bits per heavy atom. The van der Waals surface area contributed by atoms with Gasteiger partial charge < -0.3 is 33.9 Å².